The van der Waals surface area contributed by atoms with Crippen molar-refractivity contribution in [3.8, 4) is 0 Å². The lowest BCUT2D eigenvalue weighted by atomic mass is 10.1. The Balaban J connectivity index is 1.75. The smallest absolute Gasteiger partial charge is 0.173 e. The number of rotatable bonds is 4. The van der Waals surface area contributed by atoms with E-state index in [0.717, 1.165) is 23.3 Å². The number of nitrogens with one attached hydrogen (secondary N) is 1. The van der Waals surface area contributed by atoms with E-state index in [1.54, 1.807) is 0 Å². The van der Waals surface area contributed by atoms with Crippen molar-refractivity contribution in [1.29, 1.82) is 0 Å². The number of nitrogens with zero attached hydrogens (tertiary/aromatic N) is 3. The summed E-state index contributed by atoms with van der Waals surface area (Å²) in [4.78, 5) is 1.94. The van der Waals surface area contributed by atoms with Crippen LogP contribution in [0.15, 0.2) is 48.7 Å². The molecule has 24 heavy (non-hydrogen) atoms. The van der Waals surface area contributed by atoms with Crippen LogP contribution in [0.25, 0.3) is 10.8 Å². The molecule has 0 aliphatic rings. The Morgan fingerprint density at radius 2 is 2.00 bits per heavy atom. The highest BCUT2D eigenvalue weighted by Crippen LogP contribution is 2.23. The topological polar surface area (TPSA) is 33.1 Å². The molecule has 1 heterocycles. The molecule has 0 atom stereocenters. The van der Waals surface area contributed by atoms with Gasteiger partial charge in [-0.05, 0) is 30.6 Å². The van der Waals surface area contributed by atoms with Gasteiger partial charge < -0.3 is 10.2 Å². The van der Waals surface area contributed by atoms with Gasteiger partial charge in [-0.3, -0.25) is 4.68 Å². The van der Waals surface area contributed by atoms with Gasteiger partial charge >= 0.3 is 0 Å². The SMILES string of the molecule is CCn1cc(Cl)c(CN(C)C(=S)Nc2cccc3ccccc23)n1. The molecular formula is C18H19ClN4S. The van der Waals surface area contributed by atoms with Crippen molar-refractivity contribution in [2.24, 2.45) is 0 Å². The van der Waals surface area contributed by atoms with Gasteiger partial charge in [0.25, 0.3) is 0 Å². The molecule has 0 radical (unpaired) electrons. The van der Waals surface area contributed by atoms with Crippen LogP contribution >= 0.6 is 23.8 Å². The van der Waals surface area contributed by atoms with E-state index in [1.165, 1.54) is 5.39 Å². The van der Waals surface area contributed by atoms with Crippen molar-refractivity contribution in [2.45, 2.75) is 20.0 Å². The van der Waals surface area contributed by atoms with Gasteiger partial charge in [0.1, 0.15) is 5.69 Å². The average Bonchev–Trinajstić information content (AvgIpc) is 2.95. The van der Waals surface area contributed by atoms with E-state index in [2.05, 4.69) is 28.6 Å². The average molecular weight is 359 g/mol. The Morgan fingerprint density at radius 3 is 2.75 bits per heavy atom. The lowest BCUT2D eigenvalue weighted by Gasteiger charge is -2.21. The molecule has 4 nitrogen and oxygen atoms in total. The lowest BCUT2D eigenvalue weighted by Crippen LogP contribution is -2.31. The third-order valence-corrected chi connectivity index (χ3v) is 4.61. The summed E-state index contributed by atoms with van der Waals surface area (Å²) in [6.45, 7) is 3.38. The van der Waals surface area contributed by atoms with E-state index in [1.807, 2.05) is 54.0 Å². The van der Waals surface area contributed by atoms with Crippen LogP contribution in [0.5, 0.6) is 0 Å². The van der Waals surface area contributed by atoms with E-state index >= 15 is 0 Å². The largest absolute Gasteiger partial charge is 0.346 e. The number of thiocarbonyl (C=S) groups is 1. The zero-order valence-electron chi connectivity index (χ0n) is 13.7. The zero-order valence-corrected chi connectivity index (χ0v) is 15.2. The Bertz CT molecular complexity index is 869. The highest BCUT2D eigenvalue weighted by atomic mass is 35.5. The third-order valence-electron chi connectivity index (χ3n) is 3.88. The number of fused-ring (bicyclic) bond motifs is 1. The summed E-state index contributed by atoms with van der Waals surface area (Å²) in [5.41, 5.74) is 1.82. The van der Waals surface area contributed by atoms with Gasteiger partial charge in [-0.25, -0.2) is 0 Å². The molecular weight excluding hydrogens is 340 g/mol. The van der Waals surface area contributed by atoms with Gasteiger partial charge in [0.05, 0.1) is 11.6 Å². The number of benzene rings is 2. The van der Waals surface area contributed by atoms with Crippen LogP contribution in [0, 0.1) is 0 Å². The molecule has 0 amide bonds. The first kappa shape index (κ1) is 16.7. The number of anilines is 1. The van der Waals surface area contributed by atoms with Crippen molar-refractivity contribution in [3.05, 3.63) is 59.4 Å². The summed E-state index contributed by atoms with van der Waals surface area (Å²) >= 11 is 11.8. The zero-order chi connectivity index (χ0) is 17.1. The fourth-order valence-corrected chi connectivity index (χ4v) is 2.93. The summed E-state index contributed by atoms with van der Waals surface area (Å²) in [5, 5.41) is 11.4. The van der Waals surface area contributed by atoms with Crippen LogP contribution in [0.4, 0.5) is 5.69 Å². The number of hydrogen-bond acceptors (Lipinski definition) is 2. The van der Waals surface area contributed by atoms with Gasteiger partial charge in [0.15, 0.2) is 5.11 Å². The minimum absolute atomic E-state index is 0.558. The van der Waals surface area contributed by atoms with E-state index < -0.39 is 0 Å². The molecule has 0 unspecified atom stereocenters. The summed E-state index contributed by atoms with van der Waals surface area (Å²) < 4.78 is 1.83. The molecule has 0 bridgehead atoms. The van der Waals surface area contributed by atoms with E-state index in [9.17, 15) is 0 Å². The molecule has 0 aliphatic carbocycles. The summed E-state index contributed by atoms with van der Waals surface area (Å²) in [6, 6.07) is 14.4. The summed E-state index contributed by atoms with van der Waals surface area (Å²) in [5.74, 6) is 0. The molecule has 1 aromatic heterocycles. The monoisotopic (exact) mass is 358 g/mol. The third kappa shape index (κ3) is 3.52. The summed E-state index contributed by atoms with van der Waals surface area (Å²) in [7, 11) is 1.93. The molecule has 6 heteroatoms. The fourth-order valence-electron chi connectivity index (χ4n) is 2.55. The first-order valence-electron chi connectivity index (χ1n) is 7.80. The maximum Gasteiger partial charge on any atom is 0.173 e. The number of aryl methyl sites for hydroxylation is 1. The van der Waals surface area contributed by atoms with Gasteiger partial charge in [-0.2, -0.15) is 5.10 Å². The van der Waals surface area contributed by atoms with Crippen molar-refractivity contribution < 1.29 is 0 Å². The second-order valence-corrected chi connectivity index (χ2v) is 6.39. The van der Waals surface area contributed by atoms with E-state index in [4.69, 9.17) is 23.8 Å². The van der Waals surface area contributed by atoms with Gasteiger partial charge in [0.2, 0.25) is 0 Å². The van der Waals surface area contributed by atoms with Gasteiger partial charge in [-0.1, -0.05) is 48.0 Å². The van der Waals surface area contributed by atoms with Gasteiger partial charge in [-0.15, -0.1) is 0 Å². The normalized spacial score (nSPS) is 10.8. The minimum Gasteiger partial charge on any atom is -0.346 e. The van der Waals surface area contributed by atoms with Crippen LogP contribution in [0.2, 0.25) is 5.02 Å². The van der Waals surface area contributed by atoms with Crippen LogP contribution in [0.3, 0.4) is 0 Å². The standard InChI is InChI=1S/C18H19ClN4S/c1-3-23-11-15(19)17(21-23)12-22(2)18(24)20-16-10-6-8-13-7-4-5-9-14(13)16/h4-11H,3,12H2,1-2H3,(H,20,24). The quantitative estimate of drug-likeness (QED) is 0.694. The molecule has 0 aliphatic heterocycles. The molecule has 3 rings (SSSR count). The van der Waals surface area contributed by atoms with Crippen LogP contribution in [-0.4, -0.2) is 26.8 Å². The maximum absolute atomic E-state index is 6.24. The Kier molecular flexibility index (Phi) is 5.02. The van der Waals surface area contributed by atoms with Crippen molar-refractivity contribution in [2.75, 3.05) is 12.4 Å². The Labute approximate surface area is 152 Å². The number of halogens is 1. The number of aromatic nitrogens is 2. The molecule has 3 aromatic rings. The highest BCUT2D eigenvalue weighted by molar-refractivity contribution is 7.80. The molecule has 124 valence electrons. The van der Waals surface area contributed by atoms with Crippen molar-refractivity contribution in [1.82, 2.24) is 14.7 Å². The molecule has 2 aromatic carbocycles. The predicted octanol–water partition coefficient (Wildman–Crippen LogP) is 4.54. The Hall–Kier alpha value is -2.11. The second kappa shape index (κ2) is 7.20. The fraction of sp³-hybridized carbons (Fsp3) is 0.222. The highest BCUT2D eigenvalue weighted by Gasteiger charge is 2.12. The molecule has 0 saturated carbocycles. The van der Waals surface area contributed by atoms with Crippen LogP contribution in [-0.2, 0) is 13.1 Å². The van der Waals surface area contributed by atoms with Crippen molar-refractivity contribution in [3.63, 3.8) is 0 Å². The molecule has 0 fully saturated rings. The van der Waals surface area contributed by atoms with E-state index in [0.29, 0.717) is 16.7 Å². The van der Waals surface area contributed by atoms with E-state index in [-0.39, 0.29) is 0 Å². The molecule has 0 spiro atoms. The molecule has 1 N–H and O–H groups in total. The van der Waals surface area contributed by atoms with Crippen molar-refractivity contribution >= 4 is 45.4 Å². The lowest BCUT2D eigenvalue weighted by molar-refractivity contribution is 0.492. The summed E-state index contributed by atoms with van der Waals surface area (Å²) in [6.07, 6.45) is 1.84. The molecule has 0 saturated heterocycles. The van der Waals surface area contributed by atoms with Crippen LogP contribution in [0.1, 0.15) is 12.6 Å². The maximum atomic E-state index is 6.24. The first-order chi connectivity index (χ1) is 11.6. The minimum atomic E-state index is 0.558. The number of hydrogen-bond donors (Lipinski definition) is 1. The first-order valence-corrected chi connectivity index (χ1v) is 8.59. The van der Waals surface area contributed by atoms with Gasteiger partial charge in [0, 0.05) is 30.9 Å². The predicted molar refractivity (Wildman–Crippen MR) is 105 cm³/mol. The Morgan fingerprint density at radius 1 is 1.25 bits per heavy atom. The second-order valence-electron chi connectivity index (χ2n) is 5.59. The van der Waals surface area contributed by atoms with Crippen LogP contribution < -0.4 is 5.32 Å².